The summed E-state index contributed by atoms with van der Waals surface area (Å²) in [5.74, 6) is 1.65. The Bertz CT molecular complexity index is 1140. The summed E-state index contributed by atoms with van der Waals surface area (Å²) in [4.78, 5) is 27.3. The van der Waals surface area contributed by atoms with Crippen molar-refractivity contribution in [3.8, 4) is 0 Å². The molecule has 0 spiro atoms. The predicted octanol–water partition coefficient (Wildman–Crippen LogP) is 4.50. The van der Waals surface area contributed by atoms with Gasteiger partial charge < -0.3 is 4.90 Å². The number of hydrogen-bond donors (Lipinski definition) is 0. The normalized spacial score (nSPS) is 13.8. The molecule has 2 heterocycles. The van der Waals surface area contributed by atoms with Gasteiger partial charge >= 0.3 is 0 Å². The van der Waals surface area contributed by atoms with Crippen molar-refractivity contribution >= 4 is 17.3 Å². The van der Waals surface area contributed by atoms with Crippen molar-refractivity contribution in [2.75, 3.05) is 18.0 Å². The topological polar surface area (TPSA) is 59.0 Å². The van der Waals surface area contributed by atoms with Crippen molar-refractivity contribution in [3.63, 3.8) is 0 Å². The molecule has 0 radical (unpaired) electrons. The Morgan fingerprint density at radius 2 is 1.87 bits per heavy atom. The first-order valence-electron chi connectivity index (χ1n) is 10.8. The van der Waals surface area contributed by atoms with Crippen LogP contribution in [0.4, 0.5) is 5.95 Å². The third-order valence-corrected chi connectivity index (χ3v) is 5.84. The minimum absolute atomic E-state index is 0.172. The Balaban J connectivity index is 1.49. The number of hydrogen-bond acceptors (Lipinski definition) is 5. The maximum atomic E-state index is 11.5. The average Bonchev–Trinajstić information content (AvgIpc) is 2.77. The largest absolute Gasteiger partial charge is 0.337 e. The van der Waals surface area contributed by atoms with E-state index in [1.165, 1.54) is 16.7 Å². The van der Waals surface area contributed by atoms with Crippen LogP contribution in [0.5, 0.6) is 0 Å². The Hall–Kier alpha value is -3.34. The molecule has 0 N–H and O–H groups in total. The van der Waals surface area contributed by atoms with Crippen LogP contribution in [0.15, 0.2) is 54.9 Å². The Kier molecular flexibility index (Phi) is 6.21. The van der Waals surface area contributed by atoms with Crippen molar-refractivity contribution in [2.45, 2.75) is 40.0 Å². The summed E-state index contributed by atoms with van der Waals surface area (Å²) < 4.78 is 0. The van der Waals surface area contributed by atoms with E-state index < -0.39 is 0 Å². The van der Waals surface area contributed by atoms with Crippen molar-refractivity contribution < 1.29 is 4.79 Å². The lowest BCUT2D eigenvalue weighted by Gasteiger charge is -2.26. The van der Waals surface area contributed by atoms with Crippen molar-refractivity contribution in [1.82, 2.24) is 15.0 Å². The minimum atomic E-state index is 0.172. The lowest BCUT2D eigenvalue weighted by atomic mass is 9.97. The Morgan fingerprint density at radius 3 is 2.61 bits per heavy atom. The number of anilines is 1. The predicted molar refractivity (Wildman–Crippen MR) is 124 cm³/mol. The smallest absolute Gasteiger partial charge is 0.228 e. The first kappa shape index (κ1) is 20.9. The number of nitrogens with zero attached hydrogens (tertiary/aromatic N) is 4. The quantitative estimate of drug-likeness (QED) is 0.596. The molecule has 3 aromatic rings. The first-order valence-corrected chi connectivity index (χ1v) is 10.8. The molecule has 0 atom stereocenters. The van der Waals surface area contributed by atoms with E-state index in [4.69, 9.17) is 4.98 Å². The number of ketones is 1. The third-order valence-electron chi connectivity index (χ3n) is 5.84. The second-order valence-electron chi connectivity index (χ2n) is 8.25. The second kappa shape index (κ2) is 9.21. The van der Waals surface area contributed by atoms with Gasteiger partial charge in [0.15, 0.2) is 0 Å². The molecule has 0 fully saturated rings. The van der Waals surface area contributed by atoms with Gasteiger partial charge in [-0.2, -0.15) is 4.98 Å². The number of rotatable bonds is 6. The monoisotopic (exact) mass is 412 g/mol. The third kappa shape index (κ3) is 5.05. The van der Waals surface area contributed by atoms with Gasteiger partial charge in [-0.25, -0.2) is 9.97 Å². The molecule has 158 valence electrons. The van der Waals surface area contributed by atoms with Crippen LogP contribution < -0.4 is 4.90 Å². The summed E-state index contributed by atoms with van der Waals surface area (Å²) in [6.07, 6.45) is 5.94. The van der Waals surface area contributed by atoms with Crippen LogP contribution in [-0.4, -0.2) is 33.8 Å². The molecule has 1 aliphatic heterocycles. The molecule has 0 saturated carbocycles. The lowest BCUT2D eigenvalue weighted by Crippen LogP contribution is -2.30. The summed E-state index contributed by atoms with van der Waals surface area (Å²) >= 11 is 0. The number of aryl methyl sites for hydroxylation is 1. The molecule has 1 aromatic heterocycles. The van der Waals surface area contributed by atoms with Gasteiger partial charge in [-0.15, -0.1) is 0 Å². The van der Waals surface area contributed by atoms with Crippen LogP contribution in [0, 0.1) is 13.8 Å². The zero-order chi connectivity index (χ0) is 21.8. The molecule has 5 nitrogen and oxygen atoms in total. The minimum Gasteiger partial charge on any atom is -0.337 e. The maximum absolute atomic E-state index is 11.5. The molecule has 0 saturated heterocycles. The van der Waals surface area contributed by atoms with Crippen LogP contribution in [-0.2, 0) is 17.6 Å². The van der Waals surface area contributed by atoms with Crippen LogP contribution in [0.1, 0.15) is 47.0 Å². The van der Waals surface area contributed by atoms with E-state index in [0.29, 0.717) is 12.8 Å². The fraction of sp³-hybridized carbons (Fsp3) is 0.308. The highest BCUT2D eigenvalue weighted by Crippen LogP contribution is 2.25. The number of benzene rings is 2. The molecule has 2 aromatic carbocycles. The summed E-state index contributed by atoms with van der Waals surface area (Å²) in [6, 6.07) is 14.8. The molecular formula is C26H28N4O. The zero-order valence-corrected chi connectivity index (χ0v) is 18.4. The number of carbonyl (C=O) groups excluding carboxylic acids is 1. The van der Waals surface area contributed by atoms with Crippen molar-refractivity contribution in [1.29, 1.82) is 0 Å². The van der Waals surface area contributed by atoms with E-state index in [9.17, 15) is 4.79 Å². The molecule has 0 bridgehead atoms. The molecular weight excluding hydrogens is 384 g/mol. The Labute approximate surface area is 183 Å². The molecule has 31 heavy (non-hydrogen) atoms. The van der Waals surface area contributed by atoms with Gasteiger partial charge in [0, 0.05) is 25.9 Å². The SMILES string of the molecule is CC(=O)Cc1cccc(Cc2ncnc(N3CC=C(c4cccc(C)c4)CC3)n2)c1C. The molecule has 4 rings (SSSR count). The van der Waals surface area contributed by atoms with Crippen LogP contribution in [0.2, 0.25) is 0 Å². The van der Waals surface area contributed by atoms with Crippen LogP contribution in [0.25, 0.3) is 5.57 Å². The summed E-state index contributed by atoms with van der Waals surface area (Å²) in [5.41, 5.74) is 7.33. The molecule has 0 aliphatic carbocycles. The fourth-order valence-corrected chi connectivity index (χ4v) is 4.07. The van der Waals surface area contributed by atoms with E-state index in [-0.39, 0.29) is 5.78 Å². The van der Waals surface area contributed by atoms with Gasteiger partial charge in [-0.3, -0.25) is 4.79 Å². The lowest BCUT2D eigenvalue weighted by molar-refractivity contribution is -0.116. The number of aromatic nitrogens is 3. The van der Waals surface area contributed by atoms with Crippen LogP contribution >= 0.6 is 0 Å². The van der Waals surface area contributed by atoms with Gasteiger partial charge in [0.25, 0.3) is 0 Å². The standard InChI is InChI=1S/C26H28N4O/c1-18-6-4-9-24(14-18)21-10-12-30(13-11-21)26-28-17-27-25(29-26)16-23-8-5-7-22(20(23)3)15-19(2)31/h4-10,14,17H,11-13,15-16H2,1-3H3. The highest BCUT2D eigenvalue weighted by molar-refractivity contribution is 5.78. The van der Waals surface area contributed by atoms with E-state index in [2.05, 4.69) is 65.1 Å². The number of carbonyl (C=O) groups is 1. The van der Waals surface area contributed by atoms with Gasteiger partial charge in [-0.1, -0.05) is 54.1 Å². The first-order chi connectivity index (χ1) is 15.0. The molecule has 0 unspecified atom stereocenters. The highest BCUT2D eigenvalue weighted by Gasteiger charge is 2.17. The van der Waals surface area contributed by atoms with Gasteiger partial charge in [0.1, 0.15) is 17.9 Å². The summed E-state index contributed by atoms with van der Waals surface area (Å²) in [7, 11) is 0. The van der Waals surface area contributed by atoms with Gasteiger partial charge in [-0.05, 0) is 55.0 Å². The highest BCUT2D eigenvalue weighted by atomic mass is 16.1. The molecule has 5 heteroatoms. The number of Topliss-reactive ketones (excluding diaryl/α,β-unsaturated/α-hetero) is 1. The average molecular weight is 413 g/mol. The van der Waals surface area contributed by atoms with E-state index in [1.54, 1.807) is 13.3 Å². The van der Waals surface area contributed by atoms with Crippen molar-refractivity contribution in [3.05, 3.63) is 88.5 Å². The molecule has 0 amide bonds. The van der Waals surface area contributed by atoms with Crippen LogP contribution in [0.3, 0.4) is 0 Å². The molecule has 1 aliphatic rings. The van der Waals surface area contributed by atoms with E-state index in [0.717, 1.165) is 48.0 Å². The zero-order valence-electron chi connectivity index (χ0n) is 18.4. The second-order valence-corrected chi connectivity index (χ2v) is 8.25. The summed E-state index contributed by atoms with van der Waals surface area (Å²) in [5, 5.41) is 0. The van der Waals surface area contributed by atoms with Crippen molar-refractivity contribution in [2.24, 2.45) is 0 Å². The maximum Gasteiger partial charge on any atom is 0.228 e. The van der Waals surface area contributed by atoms with Gasteiger partial charge in [0.05, 0.1) is 0 Å². The fourth-order valence-electron chi connectivity index (χ4n) is 4.07. The Morgan fingerprint density at radius 1 is 1.06 bits per heavy atom. The summed E-state index contributed by atoms with van der Waals surface area (Å²) in [6.45, 7) is 7.50. The van der Waals surface area contributed by atoms with E-state index in [1.807, 2.05) is 12.1 Å². The van der Waals surface area contributed by atoms with E-state index >= 15 is 0 Å². The van der Waals surface area contributed by atoms with Gasteiger partial charge in [0.2, 0.25) is 5.95 Å².